The van der Waals surface area contributed by atoms with Crippen molar-refractivity contribution in [3.63, 3.8) is 0 Å². The number of anilines is 1. The summed E-state index contributed by atoms with van der Waals surface area (Å²) in [5.74, 6) is 0.746. The van der Waals surface area contributed by atoms with Crippen LogP contribution in [0.1, 0.15) is 46.1 Å². The normalized spacial score (nSPS) is 18.5. The standard InChI is InChI=1S/C42H49F2N6O8P/c1-7-31-34(43)10-9-28-19-30(58-59(52,56-26(3)4)57-27(5)6)20-32(36(28)31)38-37(44)39-33(21-45-38)40(50-15-18-54-23-29(22-50)46-35(51)8-2)48-41(47-39)55-25-42(11-12-42)24-49-13-16-53-17-14-49/h1,8-10,19-21,26-27,29H,2,11-18,22-25H2,3-6H3,(H,46,51). The van der Waals surface area contributed by atoms with Crippen molar-refractivity contribution in [3.8, 4) is 35.4 Å². The number of aromatic nitrogens is 3. The summed E-state index contributed by atoms with van der Waals surface area (Å²) in [5, 5.41) is 3.66. The van der Waals surface area contributed by atoms with E-state index in [0.717, 1.165) is 32.5 Å². The van der Waals surface area contributed by atoms with E-state index in [0.29, 0.717) is 44.2 Å². The van der Waals surface area contributed by atoms with Gasteiger partial charge in [0.2, 0.25) is 5.91 Å². The number of morpholine rings is 1. The van der Waals surface area contributed by atoms with Crippen LogP contribution in [0.2, 0.25) is 0 Å². The molecule has 59 heavy (non-hydrogen) atoms. The third kappa shape index (κ3) is 9.84. The van der Waals surface area contributed by atoms with Gasteiger partial charge in [-0.1, -0.05) is 18.6 Å². The van der Waals surface area contributed by atoms with E-state index in [-0.39, 0.29) is 69.3 Å². The molecule has 14 nitrogen and oxygen atoms in total. The summed E-state index contributed by atoms with van der Waals surface area (Å²) in [5.41, 5.74) is -0.562. The van der Waals surface area contributed by atoms with Gasteiger partial charge in [-0.2, -0.15) is 9.97 Å². The van der Waals surface area contributed by atoms with Crippen molar-refractivity contribution < 1.29 is 45.9 Å². The summed E-state index contributed by atoms with van der Waals surface area (Å²) in [6, 6.07) is 5.02. The molecule has 1 aliphatic carbocycles. The van der Waals surface area contributed by atoms with Gasteiger partial charge in [0.1, 0.15) is 28.6 Å². The molecule has 2 aliphatic heterocycles. The Hall–Kier alpha value is -4.75. The summed E-state index contributed by atoms with van der Waals surface area (Å²) in [4.78, 5) is 30.6. The smallest absolute Gasteiger partial charge is 0.463 e. The maximum absolute atomic E-state index is 17.5. The summed E-state index contributed by atoms with van der Waals surface area (Å²) in [7, 11) is -4.22. The number of benzene rings is 2. The van der Waals surface area contributed by atoms with Crippen molar-refractivity contribution in [2.24, 2.45) is 5.41 Å². The molecule has 1 amide bonds. The third-order valence-electron chi connectivity index (χ3n) is 10.2. The minimum absolute atomic E-state index is 0.0208. The zero-order chi connectivity index (χ0) is 41.9. The highest BCUT2D eigenvalue weighted by atomic mass is 31.2. The van der Waals surface area contributed by atoms with Crippen LogP contribution in [0.4, 0.5) is 14.6 Å². The average molecular weight is 835 g/mol. The van der Waals surface area contributed by atoms with Crippen molar-refractivity contribution in [1.82, 2.24) is 25.2 Å². The number of halogens is 2. The second kappa shape index (κ2) is 17.8. The Morgan fingerprint density at radius 3 is 2.51 bits per heavy atom. The number of rotatable bonds is 15. The number of ether oxygens (including phenoxy) is 3. The highest BCUT2D eigenvalue weighted by Gasteiger charge is 2.45. The van der Waals surface area contributed by atoms with Crippen molar-refractivity contribution in [3.05, 3.63) is 60.3 Å². The first-order valence-electron chi connectivity index (χ1n) is 19.7. The Morgan fingerprint density at radius 2 is 1.83 bits per heavy atom. The SMILES string of the molecule is C#Cc1c(F)ccc2cc(OP(=O)(OC(C)C)OC(C)C)cc(-c3ncc4c(N5CCOCC(NC(=O)C=C)C5)nc(OCC5(CN6CCOCC6)CC5)nc4c3F)c12. The molecule has 0 radical (unpaired) electrons. The predicted molar refractivity (Wildman–Crippen MR) is 218 cm³/mol. The molecule has 0 bridgehead atoms. The number of nitrogens with one attached hydrogen (secondary N) is 1. The molecule has 1 atom stereocenters. The van der Waals surface area contributed by atoms with Gasteiger partial charge in [0.05, 0.1) is 62.2 Å². The van der Waals surface area contributed by atoms with Crippen molar-refractivity contribution in [2.75, 3.05) is 70.7 Å². The molecule has 3 aliphatic rings. The Labute approximate surface area is 342 Å². The van der Waals surface area contributed by atoms with Crippen LogP contribution in [-0.2, 0) is 27.9 Å². The fourth-order valence-corrected chi connectivity index (χ4v) is 8.88. The number of phosphoric acid groups is 1. The molecule has 314 valence electrons. The van der Waals surface area contributed by atoms with E-state index in [1.54, 1.807) is 27.7 Å². The molecule has 0 spiro atoms. The van der Waals surface area contributed by atoms with E-state index in [4.69, 9.17) is 39.2 Å². The molecular formula is C42H49F2N6O8P. The Bertz CT molecular complexity index is 2300. The van der Waals surface area contributed by atoms with Gasteiger partial charge < -0.3 is 29.0 Å². The van der Waals surface area contributed by atoms with E-state index >= 15 is 8.78 Å². The number of carbonyl (C=O) groups excluding carboxylic acids is 1. The lowest BCUT2D eigenvalue weighted by Gasteiger charge is -2.30. The number of hydrogen-bond acceptors (Lipinski definition) is 13. The van der Waals surface area contributed by atoms with E-state index in [1.807, 2.05) is 4.90 Å². The van der Waals surface area contributed by atoms with Crippen LogP contribution in [0.3, 0.4) is 0 Å². The van der Waals surface area contributed by atoms with E-state index in [9.17, 15) is 9.36 Å². The van der Waals surface area contributed by atoms with E-state index in [2.05, 4.69) is 32.7 Å². The summed E-state index contributed by atoms with van der Waals surface area (Å²) >= 11 is 0. The lowest BCUT2D eigenvalue weighted by Crippen LogP contribution is -2.44. The monoisotopic (exact) mass is 834 g/mol. The number of terminal acetylenes is 1. The molecule has 2 aromatic heterocycles. The van der Waals surface area contributed by atoms with Gasteiger partial charge in [0.25, 0.3) is 0 Å². The average Bonchev–Trinajstić information content (AvgIpc) is 4.00. The number of phosphoric ester groups is 1. The maximum Gasteiger partial charge on any atom is 0.530 e. The second-order valence-electron chi connectivity index (χ2n) is 15.6. The third-order valence-corrected chi connectivity index (χ3v) is 12.0. The van der Waals surface area contributed by atoms with Gasteiger partial charge in [-0.25, -0.2) is 13.3 Å². The van der Waals surface area contributed by atoms with Crippen LogP contribution in [0, 0.1) is 29.4 Å². The first-order chi connectivity index (χ1) is 28.3. The fourth-order valence-electron chi connectivity index (χ4n) is 7.35. The van der Waals surface area contributed by atoms with Crippen LogP contribution in [0.5, 0.6) is 11.8 Å². The largest absolute Gasteiger partial charge is 0.530 e. The Balaban J connectivity index is 1.35. The molecule has 4 aromatic rings. The molecule has 3 fully saturated rings. The Morgan fingerprint density at radius 1 is 1.10 bits per heavy atom. The van der Waals surface area contributed by atoms with Gasteiger partial charge in [-0.3, -0.25) is 23.7 Å². The molecule has 1 saturated carbocycles. The van der Waals surface area contributed by atoms with Crippen LogP contribution in [0.25, 0.3) is 32.9 Å². The van der Waals surface area contributed by atoms with Crippen LogP contribution in [0.15, 0.2) is 43.1 Å². The Kier molecular flexibility index (Phi) is 12.8. The summed E-state index contributed by atoms with van der Waals surface area (Å²) in [6.45, 7) is 15.6. The molecule has 17 heteroatoms. The number of carbonyl (C=O) groups is 1. The van der Waals surface area contributed by atoms with Crippen molar-refractivity contribution in [1.29, 1.82) is 0 Å². The maximum atomic E-state index is 17.5. The van der Waals surface area contributed by atoms with Crippen LogP contribution >= 0.6 is 7.82 Å². The topological polar surface area (TPSA) is 147 Å². The van der Waals surface area contributed by atoms with Crippen molar-refractivity contribution >= 4 is 41.2 Å². The minimum atomic E-state index is -4.22. The van der Waals surface area contributed by atoms with E-state index < -0.39 is 37.7 Å². The number of pyridine rings is 1. The van der Waals surface area contributed by atoms with Gasteiger partial charge in [-0.15, -0.1) is 6.42 Å². The first kappa shape index (κ1) is 42.4. The van der Waals surface area contributed by atoms with Crippen LogP contribution < -0.4 is 19.5 Å². The molecule has 7 rings (SSSR count). The zero-order valence-electron chi connectivity index (χ0n) is 33.7. The highest BCUT2D eigenvalue weighted by molar-refractivity contribution is 7.49. The van der Waals surface area contributed by atoms with Crippen molar-refractivity contribution in [2.45, 2.75) is 58.8 Å². The second-order valence-corrected chi connectivity index (χ2v) is 17.1. The number of fused-ring (bicyclic) bond motifs is 2. The van der Waals surface area contributed by atoms with Gasteiger partial charge in [0, 0.05) is 55.3 Å². The molecule has 1 unspecified atom stereocenters. The van der Waals surface area contributed by atoms with Gasteiger partial charge in [0.15, 0.2) is 5.82 Å². The number of nitrogens with zero attached hydrogens (tertiary/aromatic N) is 5. The minimum Gasteiger partial charge on any atom is -0.463 e. The molecular weight excluding hydrogens is 785 g/mol. The lowest BCUT2D eigenvalue weighted by atomic mass is 9.96. The number of hydrogen-bond donors (Lipinski definition) is 1. The lowest BCUT2D eigenvalue weighted by molar-refractivity contribution is -0.117. The molecule has 4 heterocycles. The van der Waals surface area contributed by atoms with Gasteiger partial charge in [-0.05, 0) is 70.2 Å². The molecule has 2 saturated heterocycles. The highest BCUT2D eigenvalue weighted by Crippen LogP contribution is 2.53. The van der Waals surface area contributed by atoms with Gasteiger partial charge >= 0.3 is 13.8 Å². The molecule has 2 aromatic carbocycles. The van der Waals surface area contributed by atoms with E-state index in [1.165, 1.54) is 36.5 Å². The summed E-state index contributed by atoms with van der Waals surface area (Å²) in [6.07, 6.45) is 9.30. The first-order valence-corrected chi connectivity index (χ1v) is 21.2. The molecule has 1 N–H and O–H groups in total. The zero-order valence-corrected chi connectivity index (χ0v) is 34.6. The summed E-state index contributed by atoms with van der Waals surface area (Å²) < 4.78 is 81.6. The number of amides is 1. The quantitative estimate of drug-likeness (QED) is 0.0797. The fraction of sp³-hybridized carbons (Fsp3) is 0.476. The van der Waals surface area contributed by atoms with Crippen LogP contribution in [-0.4, -0.2) is 110 Å². The predicted octanol–water partition coefficient (Wildman–Crippen LogP) is 6.44.